The highest BCUT2D eigenvalue weighted by atomic mass is 16.3. The largest absolute Gasteiger partial charge is 0.507 e. The maximum Gasteiger partial charge on any atom is 0.162 e. The third-order valence-corrected chi connectivity index (χ3v) is 4.22. The molecule has 0 aliphatic heterocycles. The SMILES string of the molecule is Cc1ccc(-c2nc(NN=Cc3ccccc3O)c3ccccc3n2)cc1. The minimum atomic E-state index is 0.177. The number of benzene rings is 3. The van der Waals surface area contributed by atoms with Gasteiger partial charge in [0.25, 0.3) is 0 Å². The summed E-state index contributed by atoms with van der Waals surface area (Å²) in [6, 6.07) is 22.9. The number of hydrogen-bond donors (Lipinski definition) is 2. The Hall–Kier alpha value is -3.73. The maximum absolute atomic E-state index is 9.85. The fourth-order valence-corrected chi connectivity index (χ4v) is 2.75. The van der Waals surface area contributed by atoms with E-state index in [1.54, 1.807) is 24.4 Å². The van der Waals surface area contributed by atoms with Crippen molar-refractivity contribution >= 4 is 22.9 Å². The highest BCUT2D eigenvalue weighted by molar-refractivity contribution is 5.91. The summed E-state index contributed by atoms with van der Waals surface area (Å²) in [5, 5.41) is 15.0. The normalized spacial score (nSPS) is 11.1. The average molecular weight is 354 g/mol. The van der Waals surface area contributed by atoms with Crippen molar-refractivity contribution in [3.8, 4) is 17.1 Å². The number of aromatic hydroxyl groups is 1. The summed E-state index contributed by atoms with van der Waals surface area (Å²) in [5.74, 6) is 1.42. The molecule has 4 rings (SSSR count). The molecule has 1 aromatic heterocycles. The highest BCUT2D eigenvalue weighted by Crippen LogP contribution is 2.25. The van der Waals surface area contributed by atoms with Crippen LogP contribution in [0.25, 0.3) is 22.3 Å². The van der Waals surface area contributed by atoms with Crippen LogP contribution >= 0.6 is 0 Å². The van der Waals surface area contributed by atoms with E-state index < -0.39 is 0 Å². The standard InChI is InChI=1S/C22H18N4O/c1-15-10-12-16(13-11-15)21-24-19-8-4-3-7-18(19)22(25-21)26-23-14-17-6-2-5-9-20(17)27/h2-14,27H,1H3,(H,24,25,26). The number of fused-ring (bicyclic) bond motifs is 1. The van der Waals surface area contributed by atoms with Gasteiger partial charge in [0, 0.05) is 16.5 Å². The van der Waals surface area contributed by atoms with Crippen molar-refractivity contribution < 1.29 is 5.11 Å². The molecule has 4 aromatic rings. The van der Waals surface area contributed by atoms with E-state index in [4.69, 9.17) is 0 Å². The number of aromatic nitrogens is 2. The number of phenols is 1. The van der Waals surface area contributed by atoms with Crippen LogP contribution in [0.4, 0.5) is 5.82 Å². The topological polar surface area (TPSA) is 70.4 Å². The Morgan fingerprint density at radius 2 is 1.63 bits per heavy atom. The second-order valence-corrected chi connectivity index (χ2v) is 6.21. The Morgan fingerprint density at radius 3 is 2.44 bits per heavy atom. The third kappa shape index (κ3) is 3.62. The molecule has 3 aromatic carbocycles. The minimum Gasteiger partial charge on any atom is -0.507 e. The first-order valence-electron chi connectivity index (χ1n) is 8.61. The third-order valence-electron chi connectivity index (χ3n) is 4.22. The second kappa shape index (κ2) is 7.25. The maximum atomic E-state index is 9.85. The molecule has 0 fully saturated rings. The van der Waals surface area contributed by atoms with Crippen LogP contribution in [-0.2, 0) is 0 Å². The number of phenolic OH excluding ortho intramolecular Hbond substituents is 1. The Morgan fingerprint density at radius 1 is 0.889 bits per heavy atom. The summed E-state index contributed by atoms with van der Waals surface area (Å²) in [4.78, 5) is 9.33. The van der Waals surface area contributed by atoms with Gasteiger partial charge in [0.1, 0.15) is 5.75 Å². The Kier molecular flexibility index (Phi) is 4.49. The monoisotopic (exact) mass is 354 g/mol. The molecule has 27 heavy (non-hydrogen) atoms. The molecule has 0 amide bonds. The van der Waals surface area contributed by atoms with Gasteiger partial charge in [-0.15, -0.1) is 0 Å². The van der Waals surface area contributed by atoms with Crippen molar-refractivity contribution in [1.29, 1.82) is 0 Å². The lowest BCUT2D eigenvalue weighted by molar-refractivity contribution is 0.474. The Labute approximate surface area is 157 Å². The van der Waals surface area contributed by atoms with Gasteiger partial charge in [-0.05, 0) is 31.2 Å². The van der Waals surface area contributed by atoms with Gasteiger partial charge in [-0.3, -0.25) is 5.43 Å². The van der Waals surface area contributed by atoms with Crippen molar-refractivity contribution in [1.82, 2.24) is 9.97 Å². The number of aryl methyl sites for hydroxylation is 1. The van der Waals surface area contributed by atoms with Crippen molar-refractivity contribution in [2.75, 3.05) is 5.43 Å². The summed E-state index contributed by atoms with van der Waals surface area (Å²) >= 11 is 0. The smallest absolute Gasteiger partial charge is 0.162 e. The van der Waals surface area contributed by atoms with Gasteiger partial charge >= 0.3 is 0 Å². The molecule has 0 spiro atoms. The van der Waals surface area contributed by atoms with Gasteiger partial charge in [0.05, 0.1) is 11.7 Å². The quantitative estimate of drug-likeness (QED) is 0.410. The first kappa shape index (κ1) is 16.7. The van der Waals surface area contributed by atoms with E-state index in [-0.39, 0.29) is 5.75 Å². The first-order chi connectivity index (χ1) is 13.2. The van der Waals surface area contributed by atoms with Crippen LogP contribution in [0.15, 0.2) is 77.9 Å². The van der Waals surface area contributed by atoms with Gasteiger partial charge in [0.2, 0.25) is 0 Å². The zero-order valence-corrected chi connectivity index (χ0v) is 14.8. The van der Waals surface area contributed by atoms with Crippen LogP contribution in [0.5, 0.6) is 5.75 Å². The molecule has 0 saturated heterocycles. The van der Waals surface area contributed by atoms with E-state index in [1.165, 1.54) is 5.56 Å². The molecular formula is C22H18N4O. The van der Waals surface area contributed by atoms with Crippen molar-refractivity contribution in [3.63, 3.8) is 0 Å². The van der Waals surface area contributed by atoms with E-state index in [9.17, 15) is 5.11 Å². The summed E-state index contributed by atoms with van der Waals surface area (Å²) < 4.78 is 0. The molecule has 2 N–H and O–H groups in total. The summed E-state index contributed by atoms with van der Waals surface area (Å²) in [5.41, 5.74) is 6.58. The van der Waals surface area contributed by atoms with Gasteiger partial charge in [-0.2, -0.15) is 5.10 Å². The van der Waals surface area contributed by atoms with Gasteiger partial charge in [0.15, 0.2) is 11.6 Å². The summed E-state index contributed by atoms with van der Waals surface area (Å²) in [6.45, 7) is 2.05. The zero-order valence-electron chi connectivity index (χ0n) is 14.8. The highest BCUT2D eigenvalue weighted by Gasteiger charge is 2.09. The predicted octanol–water partition coefficient (Wildman–Crippen LogP) is 4.76. The molecule has 0 unspecified atom stereocenters. The Bertz CT molecular complexity index is 1120. The number of para-hydroxylation sites is 2. The number of nitrogens with zero attached hydrogens (tertiary/aromatic N) is 3. The van der Waals surface area contributed by atoms with Crippen molar-refractivity contribution in [2.45, 2.75) is 6.92 Å². The number of nitrogens with one attached hydrogen (secondary N) is 1. The van der Waals surface area contributed by atoms with Crippen molar-refractivity contribution in [2.24, 2.45) is 5.10 Å². The number of rotatable bonds is 4. The molecule has 0 aliphatic carbocycles. The van der Waals surface area contributed by atoms with Crippen LogP contribution in [0.2, 0.25) is 0 Å². The van der Waals surface area contributed by atoms with Gasteiger partial charge < -0.3 is 5.11 Å². The van der Waals surface area contributed by atoms with Crippen LogP contribution in [-0.4, -0.2) is 21.3 Å². The number of anilines is 1. The zero-order chi connectivity index (χ0) is 18.6. The fourth-order valence-electron chi connectivity index (χ4n) is 2.75. The van der Waals surface area contributed by atoms with Gasteiger partial charge in [-0.1, -0.05) is 54.1 Å². The number of hydrogen-bond acceptors (Lipinski definition) is 5. The van der Waals surface area contributed by atoms with E-state index in [1.807, 2.05) is 61.5 Å². The molecule has 0 saturated carbocycles. The molecule has 0 aliphatic rings. The molecule has 132 valence electrons. The second-order valence-electron chi connectivity index (χ2n) is 6.21. The van der Waals surface area contributed by atoms with Crippen LogP contribution in [0, 0.1) is 6.92 Å². The lowest BCUT2D eigenvalue weighted by atomic mass is 10.1. The molecule has 0 bridgehead atoms. The predicted molar refractivity (Wildman–Crippen MR) is 109 cm³/mol. The van der Waals surface area contributed by atoms with E-state index in [0.29, 0.717) is 17.2 Å². The lowest BCUT2D eigenvalue weighted by Crippen LogP contribution is -1.99. The van der Waals surface area contributed by atoms with Crippen molar-refractivity contribution in [3.05, 3.63) is 83.9 Å². The fraction of sp³-hybridized carbons (Fsp3) is 0.0455. The molecule has 5 heteroatoms. The average Bonchev–Trinajstić information content (AvgIpc) is 2.70. The van der Waals surface area contributed by atoms with E-state index in [2.05, 4.69) is 20.5 Å². The summed E-state index contributed by atoms with van der Waals surface area (Å²) in [7, 11) is 0. The molecular weight excluding hydrogens is 336 g/mol. The Balaban J connectivity index is 1.72. The van der Waals surface area contributed by atoms with E-state index >= 15 is 0 Å². The molecule has 5 nitrogen and oxygen atoms in total. The molecule has 0 atom stereocenters. The van der Waals surface area contributed by atoms with Crippen LogP contribution < -0.4 is 5.43 Å². The van der Waals surface area contributed by atoms with Crippen LogP contribution in [0.1, 0.15) is 11.1 Å². The summed E-state index contributed by atoms with van der Waals surface area (Å²) in [6.07, 6.45) is 1.57. The van der Waals surface area contributed by atoms with Gasteiger partial charge in [-0.25, -0.2) is 9.97 Å². The molecule has 1 heterocycles. The lowest BCUT2D eigenvalue weighted by Gasteiger charge is -2.08. The van der Waals surface area contributed by atoms with E-state index in [0.717, 1.165) is 16.5 Å². The first-order valence-corrected chi connectivity index (χ1v) is 8.61. The number of hydrazone groups is 1. The minimum absolute atomic E-state index is 0.177. The van der Waals surface area contributed by atoms with Crippen LogP contribution in [0.3, 0.4) is 0 Å². The molecule has 0 radical (unpaired) electrons.